The number of halogens is 1. The van der Waals surface area contributed by atoms with E-state index in [9.17, 15) is 0 Å². The molecule has 2 N–H and O–H groups in total. The van der Waals surface area contributed by atoms with E-state index in [1.165, 1.54) is 0 Å². The van der Waals surface area contributed by atoms with Crippen LogP contribution in [0.4, 0.5) is 5.82 Å². The van der Waals surface area contributed by atoms with Crippen molar-refractivity contribution in [3.05, 3.63) is 52.5 Å². The van der Waals surface area contributed by atoms with Gasteiger partial charge in [0.15, 0.2) is 0 Å². The molecule has 0 aliphatic carbocycles. The van der Waals surface area contributed by atoms with Crippen LogP contribution in [-0.2, 0) is 6.61 Å². The van der Waals surface area contributed by atoms with Crippen LogP contribution in [0.25, 0.3) is 0 Å². The van der Waals surface area contributed by atoms with Crippen molar-refractivity contribution in [2.24, 2.45) is 0 Å². The van der Waals surface area contributed by atoms with E-state index < -0.39 is 0 Å². The molecule has 16 heavy (non-hydrogen) atoms. The van der Waals surface area contributed by atoms with Crippen LogP contribution in [0, 0.1) is 0 Å². The third kappa shape index (κ3) is 2.97. The van der Waals surface area contributed by atoms with Gasteiger partial charge in [0.25, 0.3) is 0 Å². The van der Waals surface area contributed by atoms with Crippen LogP contribution >= 0.6 is 15.9 Å². The van der Waals surface area contributed by atoms with Crippen LogP contribution in [0.2, 0.25) is 0 Å². The first kappa shape index (κ1) is 11.0. The Morgan fingerprint density at radius 2 is 1.88 bits per heavy atom. The molecule has 2 rings (SSSR count). The van der Waals surface area contributed by atoms with E-state index in [4.69, 9.17) is 10.5 Å². The molecule has 2 aromatic rings. The number of nitrogens with zero attached hydrogens (tertiary/aromatic N) is 1. The molecule has 0 saturated heterocycles. The summed E-state index contributed by atoms with van der Waals surface area (Å²) < 4.78 is 6.56. The Kier molecular flexibility index (Phi) is 3.41. The zero-order valence-electron chi connectivity index (χ0n) is 8.56. The molecular formula is C12H11BrN2O. The molecule has 1 aromatic heterocycles. The maximum Gasteiger partial charge on any atom is 0.215 e. The minimum absolute atomic E-state index is 0.466. The van der Waals surface area contributed by atoms with Crippen molar-refractivity contribution < 1.29 is 4.74 Å². The number of nitrogens with two attached hydrogens (primary N) is 1. The maximum absolute atomic E-state index is 5.55. The van der Waals surface area contributed by atoms with E-state index in [2.05, 4.69) is 20.9 Å². The Bertz CT molecular complexity index is 471. The number of nitrogen functional groups attached to an aromatic ring is 1. The highest BCUT2D eigenvalue weighted by molar-refractivity contribution is 9.10. The van der Waals surface area contributed by atoms with Crippen molar-refractivity contribution >= 4 is 21.7 Å². The summed E-state index contributed by atoms with van der Waals surface area (Å²) in [6, 6.07) is 13.3. The van der Waals surface area contributed by atoms with Gasteiger partial charge in [0.1, 0.15) is 12.4 Å². The second-order valence-corrected chi connectivity index (χ2v) is 4.23. The molecule has 0 aliphatic rings. The van der Waals surface area contributed by atoms with Crippen molar-refractivity contribution in [2.75, 3.05) is 5.73 Å². The average Bonchev–Trinajstić information content (AvgIpc) is 2.28. The second kappa shape index (κ2) is 4.99. The Hall–Kier alpha value is -1.55. The van der Waals surface area contributed by atoms with Gasteiger partial charge < -0.3 is 10.5 Å². The van der Waals surface area contributed by atoms with E-state index in [0.717, 1.165) is 10.0 Å². The largest absolute Gasteiger partial charge is 0.473 e. The summed E-state index contributed by atoms with van der Waals surface area (Å²) in [4.78, 5) is 4.05. The monoisotopic (exact) mass is 278 g/mol. The Labute approximate surface area is 102 Å². The van der Waals surface area contributed by atoms with Gasteiger partial charge in [-0.15, -0.1) is 0 Å². The number of pyridine rings is 1. The number of hydrogen-bond donors (Lipinski definition) is 1. The Balaban J connectivity index is 1.99. The zero-order valence-corrected chi connectivity index (χ0v) is 10.1. The molecule has 0 aliphatic heterocycles. The van der Waals surface area contributed by atoms with Crippen LogP contribution in [0.5, 0.6) is 5.88 Å². The van der Waals surface area contributed by atoms with Crippen LogP contribution in [0.3, 0.4) is 0 Å². The fourth-order valence-electron chi connectivity index (χ4n) is 1.25. The SMILES string of the molecule is Nc1cccc(OCc2ccc(Br)cc2)n1. The van der Waals surface area contributed by atoms with Gasteiger partial charge in [0.2, 0.25) is 5.88 Å². The molecule has 4 heteroatoms. The maximum atomic E-state index is 5.55. The third-order valence-corrected chi connectivity index (χ3v) is 2.57. The van der Waals surface area contributed by atoms with Crippen LogP contribution in [-0.4, -0.2) is 4.98 Å². The summed E-state index contributed by atoms with van der Waals surface area (Å²) in [5.74, 6) is 1.01. The van der Waals surface area contributed by atoms with Gasteiger partial charge in [0, 0.05) is 10.5 Å². The van der Waals surface area contributed by atoms with E-state index in [-0.39, 0.29) is 0 Å². The van der Waals surface area contributed by atoms with Crippen molar-refractivity contribution in [1.29, 1.82) is 0 Å². The van der Waals surface area contributed by atoms with Gasteiger partial charge >= 0.3 is 0 Å². The Morgan fingerprint density at radius 3 is 2.56 bits per heavy atom. The van der Waals surface area contributed by atoms with Crippen LogP contribution < -0.4 is 10.5 Å². The molecule has 0 bridgehead atoms. The fraction of sp³-hybridized carbons (Fsp3) is 0.0833. The number of benzene rings is 1. The number of hydrogen-bond acceptors (Lipinski definition) is 3. The molecule has 0 amide bonds. The highest BCUT2D eigenvalue weighted by Crippen LogP contribution is 2.14. The van der Waals surface area contributed by atoms with Crippen LogP contribution in [0.15, 0.2) is 46.9 Å². The normalized spacial score (nSPS) is 10.1. The van der Waals surface area contributed by atoms with Gasteiger partial charge in [-0.3, -0.25) is 0 Å². The molecule has 0 atom stereocenters. The summed E-state index contributed by atoms with van der Waals surface area (Å²) in [6.07, 6.45) is 0. The second-order valence-electron chi connectivity index (χ2n) is 3.32. The van der Waals surface area contributed by atoms with E-state index >= 15 is 0 Å². The smallest absolute Gasteiger partial charge is 0.215 e. The standard InChI is InChI=1S/C12H11BrN2O/c13-10-6-4-9(5-7-10)8-16-12-3-1-2-11(14)15-12/h1-7H,8H2,(H2,14,15). The van der Waals surface area contributed by atoms with E-state index in [0.29, 0.717) is 18.3 Å². The first-order valence-electron chi connectivity index (χ1n) is 4.84. The molecule has 82 valence electrons. The molecule has 0 unspecified atom stereocenters. The topological polar surface area (TPSA) is 48.1 Å². The number of ether oxygens (including phenoxy) is 1. The van der Waals surface area contributed by atoms with E-state index in [1.807, 2.05) is 30.3 Å². The zero-order chi connectivity index (χ0) is 11.4. The van der Waals surface area contributed by atoms with Gasteiger partial charge in [-0.1, -0.05) is 34.1 Å². The highest BCUT2D eigenvalue weighted by Gasteiger charge is 1.97. The first-order chi connectivity index (χ1) is 7.74. The van der Waals surface area contributed by atoms with Gasteiger partial charge in [-0.2, -0.15) is 4.98 Å². The van der Waals surface area contributed by atoms with Crippen molar-refractivity contribution in [1.82, 2.24) is 4.98 Å². The minimum atomic E-state index is 0.466. The predicted octanol–water partition coefficient (Wildman–Crippen LogP) is 3.01. The van der Waals surface area contributed by atoms with Gasteiger partial charge in [-0.05, 0) is 23.8 Å². The molecule has 1 aromatic carbocycles. The molecule has 0 saturated carbocycles. The molecule has 1 heterocycles. The van der Waals surface area contributed by atoms with E-state index in [1.54, 1.807) is 12.1 Å². The van der Waals surface area contributed by atoms with Crippen molar-refractivity contribution in [3.8, 4) is 5.88 Å². The highest BCUT2D eigenvalue weighted by atomic mass is 79.9. The number of anilines is 1. The van der Waals surface area contributed by atoms with Crippen LogP contribution in [0.1, 0.15) is 5.56 Å². The Morgan fingerprint density at radius 1 is 1.12 bits per heavy atom. The summed E-state index contributed by atoms with van der Waals surface area (Å²) in [7, 11) is 0. The summed E-state index contributed by atoms with van der Waals surface area (Å²) in [5.41, 5.74) is 6.64. The summed E-state index contributed by atoms with van der Waals surface area (Å²) in [5, 5.41) is 0. The minimum Gasteiger partial charge on any atom is -0.473 e. The lowest BCUT2D eigenvalue weighted by Gasteiger charge is -2.05. The average molecular weight is 279 g/mol. The summed E-state index contributed by atoms with van der Waals surface area (Å²) in [6.45, 7) is 0.490. The molecule has 3 nitrogen and oxygen atoms in total. The lowest BCUT2D eigenvalue weighted by atomic mass is 10.2. The summed E-state index contributed by atoms with van der Waals surface area (Å²) >= 11 is 3.38. The molecule has 0 fully saturated rings. The molecule has 0 radical (unpaired) electrons. The van der Waals surface area contributed by atoms with Crippen molar-refractivity contribution in [3.63, 3.8) is 0 Å². The predicted molar refractivity (Wildman–Crippen MR) is 67.1 cm³/mol. The first-order valence-corrected chi connectivity index (χ1v) is 5.63. The molecular weight excluding hydrogens is 268 g/mol. The lowest BCUT2D eigenvalue weighted by molar-refractivity contribution is 0.294. The van der Waals surface area contributed by atoms with Crippen molar-refractivity contribution in [2.45, 2.75) is 6.61 Å². The van der Waals surface area contributed by atoms with Gasteiger partial charge in [-0.25, -0.2) is 0 Å². The third-order valence-electron chi connectivity index (χ3n) is 2.05. The lowest BCUT2D eigenvalue weighted by Crippen LogP contribution is -1.98. The number of rotatable bonds is 3. The quantitative estimate of drug-likeness (QED) is 0.939. The molecule has 0 spiro atoms. The van der Waals surface area contributed by atoms with Gasteiger partial charge in [0.05, 0.1) is 0 Å². The number of aromatic nitrogens is 1. The fourth-order valence-corrected chi connectivity index (χ4v) is 1.51.